The van der Waals surface area contributed by atoms with Gasteiger partial charge in [0.05, 0.1) is 16.6 Å². The summed E-state index contributed by atoms with van der Waals surface area (Å²) in [4.78, 5) is -0.170. The Bertz CT molecular complexity index is 581. The molecule has 0 aliphatic rings. The molecule has 0 amide bonds. The second kappa shape index (κ2) is 6.61. The fourth-order valence-corrected chi connectivity index (χ4v) is 2.48. The Balaban J connectivity index is 2.81. The molecular formula is C12H15FN2O3S. The van der Waals surface area contributed by atoms with E-state index in [0.29, 0.717) is 12.8 Å². The molecule has 0 saturated heterocycles. The van der Waals surface area contributed by atoms with Crippen LogP contribution in [0.3, 0.4) is 0 Å². The molecule has 0 heterocycles. The van der Waals surface area contributed by atoms with Crippen LogP contribution in [-0.2, 0) is 10.0 Å². The van der Waals surface area contributed by atoms with Crippen LogP contribution in [0.2, 0.25) is 0 Å². The summed E-state index contributed by atoms with van der Waals surface area (Å²) < 4.78 is 39.1. The summed E-state index contributed by atoms with van der Waals surface area (Å²) in [6, 6.07) is 4.59. The number of benzene rings is 1. The summed E-state index contributed by atoms with van der Waals surface area (Å²) in [7, 11) is -3.79. The van der Waals surface area contributed by atoms with Crippen molar-refractivity contribution in [2.24, 2.45) is 0 Å². The van der Waals surface area contributed by atoms with Crippen LogP contribution in [0.1, 0.15) is 25.3 Å². The lowest BCUT2D eigenvalue weighted by molar-refractivity contribution is 0.162. The van der Waals surface area contributed by atoms with Crippen LogP contribution in [0.25, 0.3) is 0 Å². The van der Waals surface area contributed by atoms with Gasteiger partial charge in [0.25, 0.3) is 0 Å². The molecule has 1 atom stereocenters. The van der Waals surface area contributed by atoms with Crippen molar-refractivity contribution in [3.8, 4) is 6.07 Å². The van der Waals surface area contributed by atoms with Crippen molar-refractivity contribution in [3.05, 3.63) is 29.6 Å². The Kier molecular flexibility index (Phi) is 5.42. The van der Waals surface area contributed by atoms with Crippen molar-refractivity contribution in [1.82, 2.24) is 4.72 Å². The number of nitriles is 1. The zero-order valence-electron chi connectivity index (χ0n) is 10.4. The minimum atomic E-state index is -3.79. The fraction of sp³-hybridized carbons (Fsp3) is 0.417. The lowest BCUT2D eigenvalue weighted by atomic mass is 10.2. The normalized spacial score (nSPS) is 12.9. The van der Waals surface area contributed by atoms with Gasteiger partial charge in [-0.3, -0.25) is 0 Å². The second-order valence-corrected chi connectivity index (χ2v) is 5.77. The number of hydrogen-bond acceptors (Lipinski definition) is 4. The number of halogens is 1. The summed E-state index contributed by atoms with van der Waals surface area (Å²) in [6.45, 7) is 1.87. The molecule has 1 rings (SSSR count). The highest BCUT2D eigenvalue weighted by atomic mass is 32.2. The molecule has 0 radical (unpaired) electrons. The molecule has 0 aliphatic carbocycles. The van der Waals surface area contributed by atoms with Gasteiger partial charge in [0, 0.05) is 6.54 Å². The maximum atomic E-state index is 13.1. The molecule has 1 unspecified atom stereocenters. The predicted octanol–water partition coefficient (Wildman–Crippen LogP) is 1.14. The Morgan fingerprint density at radius 3 is 2.79 bits per heavy atom. The van der Waals surface area contributed by atoms with Gasteiger partial charge < -0.3 is 5.11 Å². The predicted molar refractivity (Wildman–Crippen MR) is 67.2 cm³/mol. The number of hydrogen-bond donors (Lipinski definition) is 2. The minimum absolute atomic E-state index is 0.0800. The molecule has 0 aromatic heterocycles. The fourth-order valence-electron chi connectivity index (χ4n) is 1.40. The first-order valence-corrected chi connectivity index (χ1v) is 7.26. The van der Waals surface area contributed by atoms with Crippen LogP contribution in [0, 0.1) is 17.1 Å². The van der Waals surface area contributed by atoms with Crippen molar-refractivity contribution >= 4 is 10.0 Å². The highest BCUT2D eigenvalue weighted by Crippen LogP contribution is 2.14. The number of nitrogens with one attached hydrogen (secondary N) is 1. The van der Waals surface area contributed by atoms with E-state index >= 15 is 0 Å². The van der Waals surface area contributed by atoms with Gasteiger partial charge in [-0.1, -0.05) is 6.92 Å². The van der Waals surface area contributed by atoms with Gasteiger partial charge in [-0.15, -0.1) is 0 Å². The number of nitrogens with zero attached hydrogens (tertiary/aromatic N) is 1. The van der Waals surface area contributed by atoms with Crippen molar-refractivity contribution in [2.45, 2.75) is 30.8 Å². The van der Waals surface area contributed by atoms with Crippen LogP contribution >= 0.6 is 0 Å². The summed E-state index contributed by atoms with van der Waals surface area (Å²) in [5.74, 6) is -0.761. The quantitative estimate of drug-likeness (QED) is 0.820. The molecule has 1 aromatic carbocycles. The standard InChI is InChI=1S/C12H15FN2O3S/c1-2-10(16)5-6-15-19(17,18)11-3-4-12(13)9(7-11)8-14/h3-4,7,10,15-16H,2,5-6H2,1H3. The number of sulfonamides is 1. The molecule has 5 nitrogen and oxygen atoms in total. The lowest BCUT2D eigenvalue weighted by Gasteiger charge is -2.09. The van der Waals surface area contributed by atoms with E-state index in [-0.39, 0.29) is 17.0 Å². The highest BCUT2D eigenvalue weighted by Gasteiger charge is 2.16. The smallest absolute Gasteiger partial charge is 0.240 e. The SMILES string of the molecule is CCC(O)CCNS(=O)(=O)c1ccc(F)c(C#N)c1. The summed E-state index contributed by atoms with van der Waals surface area (Å²) >= 11 is 0. The number of aliphatic hydroxyl groups is 1. The first kappa shape index (κ1) is 15.6. The van der Waals surface area contributed by atoms with Gasteiger partial charge in [0.1, 0.15) is 11.9 Å². The van der Waals surface area contributed by atoms with Gasteiger partial charge >= 0.3 is 0 Å². The van der Waals surface area contributed by atoms with Crippen LogP contribution in [0.15, 0.2) is 23.1 Å². The molecular weight excluding hydrogens is 271 g/mol. The monoisotopic (exact) mass is 286 g/mol. The Morgan fingerprint density at radius 2 is 2.21 bits per heavy atom. The van der Waals surface area contributed by atoms with Crippen LogP contribution < -0.4 is 4.72 Å². The molecule has 0 spiro atoms. The van der Waals surface area contributed by atoms with E-state index in [9.17, 15) is 17.9 Å². The third-order valence-electron chi connectivity index (χ3n) is 2.61. The van der Waals surface area contributed by atoms with E-state index in [1.165, 1.54) is 0 Å². The van der Waals surface area contributed by atoms with E-state index in [4.69, 9.17) is 5.26 Å². The maximum Gasteiger partial charge on any atom is 0.240 e. The zero-order chi connectivity index (χ0) is 14.5. The van der Waals surface area contributed by atoms with Gasteiger partial charge in [-0.05, 0) is 31.0 Å². The molecule has 7 heteroatoms. The second-order valence-electron chi connectivity index (χ2n) is 4.00. The number of aliphatic hydroxyl groups excluding tert-OH is 1. The lowest BCUT2D eigenvalue weighted by Crippen LogP contribution is -2.27. The van der Waals surface area contributed by atoms with E-state index in [0.717, 1.165) is 18.2 Å². The molecule has 0 fully saturated rings. The minimum Gasteiger partial charge on any atom is -0.393 e. The average Bonchev–Trinajstić information content (AvgIpc) is 2.38. The van der Waals surface area contributed by atoms with Gasteiger partial charge in [0.15, 0.2) is 0 Å². The third kappa shape index (κ3) is 4.28. The van der Waals surface area contributed by atoms with Crippen molar-refractivity contribution in [1.29, 1.82) is 5.26 Å². The Labute approximate surface area is 111 Å². The number of rotatable bonds is 6. The van der Waals surface area contributed by atoms with Gasteiger partial charge in [-0.25, -0.2) is 17.5 Å². The molecule has 0 bridgehead atoms. The van der Waals surface area contributed by atoms with E-state index in [2.05, 4.69) is 4.72 Å². The van der Waals surface area contributed by atoms with Gasteiger partial charge in [-0.2, -0.15) is 5.26 Å². The van der Waals surface area contributed by atoms with Crippen molar-refractivity contribution < 1.29 is 17.9 Å². The molecule has 104 valence electrons. The average molecular weight is 286 g/mol. The van der Waals surface area contributed by atoms with Crippen LogP contribution in [0.5, 0.6) is 0 Å². The molecule has 1 aromatic rings. The largest absolute Gasteiger partial charge is 0.393 e. The van der Waals surface area contributed by atoms with Crippen LogP contribution in [-0.4, -0.2) is 26.2 Å². The van der Waals surface area contributed by atoms with E-state index < -0.39 is 21.9 Å². The zero-order valence-corrected chi connectivity index (χ0v) is 11.2. The first-order chi connectivity index (χ1) is 8.90. The van der Waals surface area contributed by atoms with Crippen molar-refractivity contribution in [2.75, 3.05) is 6.54 Å². The summed E-state index contributed by atoms with van der Waals surface area (Å²) in [5, 5.41) is 18.0. The Morgan fingerprint density at radius 1 is 1.53 bits per heavy atom. The van der Waals surface area contributed by atoms with E-state index in [1.54, 1.807) is 13.0 Å². The summed E-state index contributed by atoms with van der Waals surface area (Å²) in [6.07, 6.45) is 0.268. The van der Waals surface area contributed by atoms with E-state index in [1.807, 2.05) is 0 Å². The molecule has 0 saturated carbocycles. The molecule has 19 heavy (non-hydrogen) atoms. The summed E-state index contributed by atoms with van der Waals surface area (Å²) in [5.41, 5.74) is -0.323. The Hall–Kier alpha value is -1.49. The molecule has 2 N–H and O–H groups in total. The maximum absolute atomic E-state index is 13.1. The molecule has 0 aliphatic heterocycles. The van der Waals surface area contributed by atoms with Crippen LogP contribution in [0.4, 0.5) is 4.39 Å². The highest BCUT2D eigenvalue weighted by molar-refractivity contribution is 7.89. The topological polar surface area (TPSA) is 90.2 Å². The van der Waals surface area contributed by atoms with Crippen molar-refractivity contribution in [3.63, 3.8) is 0 Å². The third-order valence-corrected chi connectivity index (χ3v) is 4.07. The first-order valence-electron chi connectivity index (χ1n) is 5.78. The van der Waals surface area contributed by atoms with Gasteiger partial charge in [0.2, 0.25) is 10.0 Å².